The molecule has 0 atom stereocenters. The minimum Gasteiger partial charge on any atom is -0.400 e. The van der Waals surface area contributed by atoms with Gasteiger partial charge in [0, 0.05) is 19.2 Å². The maximum absolute atomic E-state index is 10.0. The molecule has 0 bridgehead atoms. The number of halogens is 3. The van der Waals surface area contributed by atoms with Crippen molar-refractivity contribution < 1.29 is 10.0 Å². The molecular weight excluding hydrogens is 252 g/mol. The first-order valence-corrected chi connectivity index (χ1v) is 2.95. The Morgan fingerprint density at radius 3 is 1.64 bits per heavy atom. The fraction of sp³-hybridized carbons (Fsp3) is 0.143. The summed E-state index contributed by atoms with van der Waals surface area (Å²) in [5, 5.41) is 17.0. The van der Waals surface area contributed by atoms with E-state index in [1.54, 1.807) is 18.2 Å². The van der Waals surface area contributed by atoms with Crippen molar-refractivity contribution in [3.63, 3.8) is 0 Å². The summed E-state index contributed by atoms with van der Waals surface area (Å²) in [6.45, 7) is 0. The molecule has 1 aromatic carbocycles. The molecule has 0 aromatic heterocycles. The lowest BCUT2D eigenvalue weighted by Crippen LogP contribution is -1.84. The van der Waals surface area contributed by atoms with Gasteiger partial charge >= 0.3 is 0 Å². The van der Waals surface area contributed by atoms with Crippen LogP contribution in [0, 0.1) is 10.1 Å². The Bertz CT molecular complexity index is 221. The highest BCUT2D eigenvalue weighted by Gasteiger charge is 1.98. The van der Waals surface area contributed by atoms with Crippen LogP contribution in [0.2, 0.25) is 0 Å². The van der Waals surface area contributed by atoms with Crippen LogP contribution in [-0.2, 0) is 0 Å². The van der Waals surface area contributed by atoms with Crippen LogP contribution in [0.5, 0.6) is 0 Å². The van der Waals surface area contributed by atoms with Gasteiger partial charge in [-0.1, -0.05) is 18.2 Å². The van der Waals surface area contributed by atoms with Crippen LogP contribution >= 0.6 is 37.2 Å². The second kappa shape index (κ2) is 14.9. The molecule has 0 fully saturated rings. The van der Waals surface area contributed by atoms with E-state index >= 15 is 0 Å². The van der Waals surface area contributed by atoms with Crippen molar-refractivity contribution in [2.45, 2.75) is 0 Å². The lowest BCUT2D eigenvalue weighted by molar-refractivity contribution is -0.384. The third kappa shape index (κ3) is 9.54. The minimum atomic E-state index is -0.417. The van der Waals surface area contributed by atoms with Crippen molar-refractivity contribution in [3.8, 4) is 0 Å². The number of benzene rings is 1. The lowest BCUT2D eigenvalue weighted by Gasteiger charge is -1.85. The summed E-state index contributed by atoms with van der Waals surface area (Å²) in [7, 11) is 1.00. The number of non-ortho nitro benzene ring substituents is 1. The van der Waals surface area contributed by atoms with Crippen molar-refractivity contribution >= 4 is 42.9 Å². The average molecular weight is 265 g/mol. The average Bonchev–Trinajstić information content (AvgIpc) is 2.10. The summed E-state index contributed by atoms with van der Waals surface area (Å²) < 4.78 is 0. The van der Waals surface area contributed by atoms with E-state index in [0.717, 1.165) is 7.11 Å². The van der Waals surface area contributed by atoms with E-state index in [1.165, 1.54) is 12.1 Å². The molecule has 0 amide bonds. The van der Waals surface area contributed by atoms with E-state index in [1.807, 2.05) is 0 Å². The van der Waals surface area contributed by atoms with E-state index in [-0.39, 0.29) is 42.9 Å². The van der Waals surface area contributed by atoms with Crippen molar-refractivity contribution in [1.82, 2.24) is 0 Å². The Labute approximate surface area is 101 Å². The van der Waals surface area contributed by atoms with Gasteiger partial charge < -0.3 is 5.11 Å². The first kappa shape index (κ1) is 23.3. The molecule has 0 aliphatic rings. The Morgan fingerprint density at radius 2 is 1.43 bits per heavy atom. The Morgan fingerprint density at radius 1 is 1.07 bits per heavy atom. The quantitative estimate of drug-likeness (QED) is 0.626. The third-order valence-electron chi connectivity index (χ3n) is 0.967. The van der Waals surface area contributed by atoms with Gasteiger partial charge in [0.2, 0.25) is 0 Å². The third-order valence-corrected chi connectivity index (χ3v) is 0.967. The topological polar surface area (TPSA) is 63.4 Å². The molecule has 4 nitrogen and oxygen atoms in total. The minimum absolute atomic E-state index is 0. The zero-order chi connectivity index (χ0) is 8.69. The predicted molar refractivity (Wildman–Crippen MR) is 63.0 cm³/mol. The van der Waals surface area contributed by atoms with E-state index in [2.05, 4.69) is 0 Å². The van der Waals surface area contributed by atoms with E-state index in [4.69, 9.17) is 5.11 Å². The van der Waals surface area contributed by atoms with Crippen LogP contribution in [0.15, 0.2) is 30.3 Å². The molecule has 0 radical (unpaired) electrons. The number of rotatable bonds is 1. The van der Waals surface area contributed by atoms with Gasteiger partial charge in [-0.05, 0) is 0 Å². The van der Waals surface area contributed by atoms with Gasteiger partial charge in [-0.15, -0.1) is 37.2 Å². The van der Waals surface area contributed by atoms with Gasteiger partial charge in [-0.25, -0.2) is 0 Å². The number of nitro groups is 1. The number of para-hydroxylation sites is 1. The fourth-order valence-corrected chi connectivity index (χ4v) is 0.550. The van der Waals surface area contributed by atoms with Gasteiger partial charge in [0.15, 0.2) is 0 Å². The summed E-state index contributed by atoms with van der Waals surface area (Å²) in [6.07, 6.45) is 0. The molecule has 1 aromatic rings. The normalized spacial score (nSPS) is 6.14. The summed E-state index contributed by atoms with van der Waals surface area (Å²) in [5.74, 6) is 0. The molecule has 0 aliphatic carbocycles. The van der Waals surface area contributed by atoms with Gasteiger partial charge in [0.05, 0.1) is 4.92 Å². The molecule has 7 heteroatoms. The molecule has 0 heterocycles. The van der Waals surface area contributed by atoms with Gasteiger partial charge in [0.25, 0.3) is 5.69 Å². The summed E-state index contributed by atoms with van der Waals surface area (Å²) >= 11 is 0. The molecule has 0 spiro atoms. The van der Waals surface area contributed by atoms with Crippen LogP contribution in [-0.4, -0.2) is 17.1 Å². The molecule has 0 unspecified atom stereocenters. The summed E-state index contributed by atoms with van der Waals surface area (Å²) in [6, 6.07) is 7.93. The maximum atomic E-state index is 10.0. The van der Waals surface area contributed by atoms with Crippen molar-refractivity contribution in [2.75, 3.05) is 7.11 Å². The highest BCUT2D eigenvalue weighted by atomic mass is 35.5. The molecule has 0 aliphatic heterocycles. The molecule has 84 valence electrons. The van der Waals surface area contributed by atoms with Crippen molar-refractivity contribution in [2.24, 2.45) is 0 Å². The Hall–Kier alpha value is -0.550. The van der Waals surface area contributed by atoms with Crippen LogP contribution in [0.3, 0.4) is 0 Å². The van der Waals surface area contributed by atoms with Crippen molar-refractivity contribution in [1.29, 1.82) is 0 Å². The van der Waals surface area contributed by atoms with E-state index in [9.17, 15) is 10.1 Å². The van der Waals surface area contributed by atoms with Gasteiger partial charge in [-0.2, -0.15) is 0 Å². The first-order valence-electron chi connectivity index (χ1n) is 2.95. The zero-order valence-electron chi connectivity index (χ0n) is 7.32. The van der Waals surface area contributed by atoms with Crippen LogP contribution in [0.1, 0.15) is 0 Å². The second-order valence-electron chi connectivity index (χ2n) is 1.59. The molecule has 14 heavy (non-hydrogen) atoms. The molecule has 1 N–H and O–H groups in total. The SMILES string of the molecule is CO.Cl.Cl.Cl.O=[N+]([O-])c1ccccc1. The lowest BCUT2D eigenvalue weighted by atomic mass is 10.3. The Balaban J connectivity index is -0.0000000942. The molecule has 0 saturated heterocycles. The number of nitrogens with zero attached hydrogens (tertiary/aromatic N) is 1. The molecular formula is C7H12Cl3NO3. The summed E-state index contributed by atoms with van der Waals surface area (Å²) in [5.41, 5.74) is 0.137. The highest BCUT2D eigenvalue weighted by molar-refractivity contribution is 5.86. The molecule has 0 saturated carbocycles. The van der Waals surface area contributed by atoms with Gasteiger partial charge in [-0.3, -0.25) is 10.1 Å². The van der Waals surface area contributed by atoms with Crippen LogP contribution < -0.4 is 0 Å². The predicted octanol–water partition coefficient (Wildman–Crippen LogP) is 2.47. The summed E-state index contributed by atoms with van der Waals surface area (Å²) in [4.78, 5) is 9.59. The van der Waals surface area contributed by atoms with E-state index < -0.39 is 4.92 Å². The number of hydrogen-bond acceptors (Lipinski definition) is 3. The standard InChI is InChI=1S/C6H5NO2.CH4O.3ClH/c8-7(9)6-4-2-1-3-5-6;1-2;;;/h1-5H;2H,1H3;3*1H. The number of aliphatic hydroxyl groups is 1. The smallest absolute Gasteiger partial charge is 0.269 e. The maximum Gasteiger partial charge on any atom is 0.269 e. The molecule has 1 rings (SSSR count). The van der Waals surface area contributed by atoms with Gasteiger partial charge in [0.1, 0.15) is 0 Å². The Kier molecular flexibility index (Phi) is 24.9. The van der Waals surface area contributed by atoms with Crippen LogP contribution in [0.4, 0.5) is 5.69 Å². The monoisotopic (exact) mass is 263 g/mol. The van der Waals surface area contributed by atoms with E-state index in [0.29, 0.717) is 0 Å². The number of aliphatic hydroxyl groups excluding tert-OH is 1. The van der Waals surface area contributed by atoms with Crippen LogP contribution in [0.25, 0.3) is 0 Å². The zero-order valence-corrected chi connectivity index (χ0v) is 9.77. The fourth-order valence-electron chi connectivity index (χ4n) is 0.550. The second-order valence-corrected chi connectivity index (χ2v) is 1.59. The highest BCUT2D eigenvalue weighted by Crippen LogP contribution is 2.06. The largest absolute Gasteiger partial charge is 0.400 e. The first-order chi connectivity index (χ1) is 5.30. The number of hydrogen-bond donors (Lipinski definition) is 1. The van der Waals surface area contributed by atoms with Crippen molar-refractivity contribution in [3.05, 3.63) is 40.4 Å². The number of nitro benzene ring substituents is 1.